The zero-order chi connectivity index (χ0) is 12.3. The molecular weight excluding hydrogens is 286 g/mol. The first-order valence-corrected chi connectivity index (χ1v) is 6.73. The summed E-state index contributed by atoms with van der Waals surface area (Å²) < 4.78 is 6.95. The van der Waals surface area contributed by atoms with Crippen LogP contribution in [-0.4, -0.2) is 39.8 Å². The van der Waals surface area contributed by atoms with Crippen molar-refractivity contribution in [3.05, 3.63) is 18.0 Å². The Morgan fingerprint density at radius 3 is 2.88 bits per heavy atom. The molecule has 0 aliphatic carbocycles. The van der Waals surface area contributed by atoms with Gasteiger partial charge in [-0.3, -0.25) is 9.48 Å². The highest BCUT2D eigenvalue weighted by atomic mass is 79.9. The Morgan fingerprint density at radius 2 is 2.35 bits per heavy atom. The van der Waals surface area contributed by atoms with Crippen LogP contribution in [0.5, 0.6) is 0 Å². The fourth-order valence-corrected chi connectivity index (χ4v) is 2.60. The Hall–Kier alpha value is -0.880. The number of aryl methyl sites for hydroxylation is 1. The van der Waals surface area contributed by atoms with Crippen molar-refractivity contribution in [3.8, 4) is 0 Å². The molecule has 1 saturated heterocycles. The number of carbonyl (C=O) groups excluding carboxylic acids is 1. The summed E-state index contributed by atoms with van der Waals surface area (Å²) in [5.74, 6) is -0.119. The molecule has 2 heterocycles. The minimum absolute atomic E-state index is 0.119. The molecule has 0 aromatic carbocycles. The summed E-state index contributed by atoms with van der Waals surface area (Å²) in [6.07, 6.45) is 3.42. The van der Waals surface area contributed by atoms with Gasteiger partial charge in [0.05, 0.1) is 5.54 Å². The van der Waals surface area contributed by atoms with Crippen molar-refractivity contribution < 1.29 is 9.53 Å². The van der Waals surface area contributed by atoms with Crippen molar-refractivity contribution in [2.24, 2.45) is 7.05 Å². The Labute approximate surface area is 109 Å². The predicted octanol–water partition coefficient (Wildman–Crippen LogP) is 1.09. The first-order chi connectivity index (χ1) is 8.15. The average molecular weight is 302 g/mol. The van der Waals surface area contributed by atoms with Crippen LogP contribution in [-0.2, 0) is 11.8 Å². The number of hydrogen-bond donors (Lipinski definition) is 1. The highest BCUT2D eigenvalue weighted by molar-refractivity contribution is 9.09. The fourth-order valence-electron chi connectivity index (χ4n) is 1.90. The molecule has 17 heavy (non-hydrogen) atoms. The maximum Gasteiger partial charge on any atom is 0.272 e. The quantitative estimate of drug-likeness (QED) is 0.851. The lowest BCUT2D eigenvalue weighted by Crippen LogP contribution is -2.53. The van der Waals surface area contributed by atoms with Crippen molar-refractivity contribution >= 4 is 21.8 Å². The molecule has 1 amide bonds. The van der Waals surface area contributed by atoms with Crippen LogP contribution in [0.4, 0.5) is 0 Å². The van der Waals surface area contributed by atoms with Crippen LogP contribution in [0, 0.1) is 0 Å². The molecule has 1 aliphatic heterocycles. The lowest BCUT2D eigenvalue weighted by molar-refractivity contribution is 0.0440. The first-order valence-electron chi connectivity index (χ1n) is 5.61. The molecule has 1 aromatic heterocycles. The summed E-state index contributed by atoms with van der Waals surface area (Å²) in [6, 6.07) is 1.72. The predicted molar refractivity (Wildman–Crippen MR) is 67.3 cm³/mol. The number of amides is 1. The van der Waals surface area contributed by atoms with E-state index in [1.165, 1.54) is 0 Å². The molecule has 5 nitrogen and oxygen atoms in total. The lowest BCUT2D eigenvalue weighted by Gasteiger charge is -2.36. The van der Waals surface area contributed by atoms with Gasteiger partial charge in [0.1, 0.15) is 5.69 Å². The van der Waals surface area contributed by atoms with Gasteiger partial charge in [-0.05, 0) is 18.9 Å². The number of ether oxygens (including phenoxy) is 1. The second-order valence-corrected chi connectivity index (χ2v) is 4.92. The number of hydrogen-bond acceptors (Lipinski definition) is 3. The third-order valence-corrected chi connectivity index (χ3v) is 4.10. The molecule has 6 heteroatoms. The number of rotatable bonds is 3. The Balaban J connectivity index is 2.05. The van der Waals surface area contributed by atoms with E-state index in [4.69, 9.17) is 4.74 Å². The highest BCUT2D eigenvalue weighted by Crippen LogP contribution is 2.23. The molecule has 1 N–H and O–H groups in total. The van der Waals surface area contributed by atoms with Crippen LogP contribution < -0.4 is 5.32 Å². The standard InChI is InChI=1S/C11H16BrN3O2/c1-15-5-2-9(14-15)10(16)13-11(8-12)3-6-17-7-4-11/h2,5H,3-4,6-8H2,1H3,(H,13,16). The van der Waals surface area contributed by atoms with Gasteiger partial charge in [0.2, 0.25) is 0 Å². The van der Waals surface area contributed by atoms with Gasteiger partial charge in [-0.2, -0.15) is 5.10 Å². The molecule has 0 unspecified atom stereocenters. The molecule has 0 saturated carbocycles. The van der Waals surface area contributed by atoms with E-state index in [-0.39, 0.29) is 11.4 Å². The van der Waals surface area contributed by atoms with Crippen LogP contribution in [0.3, 0.4) is 0 Å². The highest BCUT2D eigenvalue weighted by Gasteiger charge is 2.33. The van der Waals surface area contributed by atoms with Gasteiger partial charge in [0, 0.05) is 31.8 Å². The van der Waals surface area contributed by atoms with E-state index in [1.807, 2.05) is 0 Å². The number of nitrogens with one attached hydrogen (secondary N) is 1. The first kappa shape index (κ1) is 12.6. The molecule has 1 aliphatic rings. The zero-order valence-electron chi connectivity index (χ0n) is 9.78. The van der Waals surface area contributed by atoms with Crippen molar-refractivity contribution in [2.75, 3.05) is 18.5 Å². The number of aromatic nitrogens is 2. The monoisotopic (exact) mass is 301 g/mol. The smallest absolute Gasteiger partial charge is 0.272 e. The van der Waals surface area contributed by atoms with E-state index in [0.29, 0.717) is 18.9 Å². The van der Waals surface area contributed by atoms with E-state index in [0.717, 1.165) is 18.2 Å². The molecule has 2 rings (SSSR count). The molecule has 1 aromatic rings. The minimum Gasteiger partial charge on any atom is -0.381 e. The molecule has 1 fully saturated rings. The number of carbonyl (C=O) groups is 1. The maximum absolute atomic E-state index is 12.0. The van der Waals surface area contributed by atoms with Gasteiger partial charge >= 0.3 is 0 Å². The van der Waals surface area contributed by atoms with Gasteiger partial charge in [-0.25, -0.2) is 0 Å². The summed E-state index contributed by atoms with van der Waals surface area (Å²) in [6.45, 7) is 1.38. The number of halogens is 1. The van der Waals surface area contributed by atoms with Crippen LogP contribution in [0.15, 0.2) is 12.3 Å². The van der Waals surface area contributed by atoms with E-state index < -0.39 is 0 Å². The van der Waals surface area contributed by atoms with E-state index in [2.05, 4.69) is 26.3 Å². The molecule has 0 bridgehead atoms. The van der Waals surface area contributed by atoms with Gasteiger partial charge < -0.3 is 10.1 Å². The summed E-state index contributed by atoms with van der Waals surface area (Å²) in [5.41, 5.74) is 0.256. The fraction of sp³-hybridized carbons (Fsp3) is 0.636. The SMILES string of the molecule is Cn1ccc(C(=O)NC2(CBr)CCOCC2)n1. The second kappa shape index (κ2) is 5.18. The number of nitrogens with zero attached hydrogens (tertiary/aromatic N) is 2. The molecule has 0 atom stereocenters. The molecular formula is C11H16BrN3O2. The van der Waals surface area contributed by atoms with Crippen molar-refractivity contribution in [2.45, 2.75) is 18.4 Å². The Bertz CT molecular complexity index is 399. The van der Waals surface area contributed by atoms with E-state index in [9.17, 15) is 4.79 Å². The van der Waals surface area contributed by atoms with Crippen LogP contribution in [0.1, 0.15) is 23.3 Å². The van der Waals surface area contributed by atoms with Crippen molar-refractivity contribution in [1.82, 2.24) is 15.1 Å². The number of alkyl halides is 1. The normalized spacial score (nSPS) is 18.9. The Morgan fingerprint density at radius 1 is 1.65 bits per heavy atom. The van der Waals surface area contributed by atoms with Crippen LogP contribution >= 0.6 is 15.9 Å². The van der Waals surface area contributed by atoms with Gasteiger partial charge in [-0.15, -0.1) is 0 Å². The summed E-state index contributed by atoms with van der Waals surface area (Å²) in [5, 5.41) is 7.91. The summed E-state index contributed by atoms with van der Waals surface area (Å²) in [4.78, 5) is 12.0. The maximum atomic E-state index is 12.0. The largest absolute Gasteiger partial charge is 0.381 e. The lowest BCUT2D eigenvalue weighted by atomic mass is 9.92. The van der Waals surface area contributed by atoms with Gasteiger partial charge in [0.15, 0.2) is 0 Å². The summed E-state index contributed by atoms with van der Waals surface area (Å²) >= 11 is 3.48. The molecule has 0 spiro atoms. The molecule has 0 radical (unpaired) electrons. The topological polar surface area (TPSA) is 56.2 Å². The average Bonchev–Trinajstić information content (AvgIpc) is 2.77. The van der Waals surface area contributed by atoms with Crippen LogP contribution in [0.2, 0.25) is 0 Å². The van der Waals surface area contributed by atoms with E-state index >= 15 is 0 Å². The van der Waals surface area contributed by atoms with Gasteiger partial charge in [0.25, 0.3) is 5.91 Å². The van der Waals surface area contributed by atoms with Gasteiger partial charge in [-0.1, -0.05) is 15.9 Å². The third-order valence-electron chi connectivity index (χ3n) is 3.03. The third kappa shape index (κ3) is 2.87. The van der Waals surface area contributed by atoms with Crippen molar-refractivity contribution in [3.63, 3.8) is 0 Å². The molecule has 94 valence electrons. The van der Waals surface area contributed by atoms with E-state index in [1.54, 1.807) is 24.0 Å². The second-order valence-electron chi connectivity index (χ2n) is 4.36. The zero-order valence-corrected chi connectivity index (χ0v) is 11.4. The Kier molecular flexibility index (Phi) is 3.83. The summed E-state index contributed by atoms with van der Waals surface area (Å²) in [7, 11) is 1.80. The van der Waals surface area contributed by atoms with Crippen LogP contribution in [0.25, 0.3) is 0 Å². The van der Waals surface area contributed by atoms with Crippen molar-refractivity contribution in [1.29, 1.82) is 0 Å². The minimum atomic E-state index is -0.202.